The lowest BCUT2D eigenvalue weighted by atomic mass is 9.77. The van der Waals surface area contributed by atoms with Gasteiger partial charge in [0.05, 0.1) is 6.10 Å². The van der Waals surface area contributed by atoms with Crippen LogP contribution in [0.5, 0.6) is 23.0 Å². The quantitative estimate of drug-likeness (QED) is 0.190. The Morgan fingerprint density at radius 3 is 1.57 bits per heavy atom. The molecule has 0 radical (unpaired) electrons. The van der Waals surface area contributed by atoms with E-state index in [0.29, 0.717) is 0 Å². The molecule has 0 aliphatic heterocycles. The number of carbonyl (C=O) groups excluding carboxylic acids is 3. The van der Waals surface area contributed by atoms with Crippen LogP contribution in [-0.4, -0.2) is 77.0 Å². The van der Waals surface area contributed by atoms with Gasteiger partial charge in [0.2, 0.25) is 0 Å². The molecule has 37 heavy (non-hydrogen) atoms. The van der Waals surface area contributed by atoms with E-state index in [1.807, 2.05) is 0 Å². The number of phenolic OH excluding ortho intramolecular Hbond substituents is 4. The average Bonchev–Trinajstić information content (AvgIpc) is 2.84. The molecular weight excluding hydrogens is 486 g/mol. The van der Waals surface area contributed by atoms with Crippen molar-refractivity contribution in [1.29, 1.82) is 0 Å². The molecule has 1 aliphatic carbocycles. The van der Waals surface area contributed by atoms with Gasteiger partial charge in [0, 0.05) is 37.1 Å². The molecule has 3 rings (SSSR count). The topological polar surface area (TPSA) is 228 Å². The minimum absolute atomic E-state index is 0.185. The maximum absolute atomic E-state index is 13.3. The minimum atomic E-state index is -2.33. The van der Waals surface area contributed by atoms with Gasteiger partial charge in [0.25, 0.3) is 17.7 Å². The summed E-state index contributed by atoms with van der Waals surface area (Å²) in [5.41, 5.74) is 9.79. The van der Waals surface area contributed by atoms with Crippen molar-refractivity contribution in [3.8, 4) is 23.0 Å². The number of carbonyl (C=O) groups is 3. The van der Waals surface area contributed by atoms with E-state index in [9.17, 15) is 45.0 Å². The molecule has 10 N–H and O–H groups in total. The Morgan fingerprint density at radius 2 is 1.19 bits per heavy atom. The van der Waals surface area contributed by atoms with E-state index < -0.39 is 77.3 Å². The lowest BCUT2D eigenvalue weighted by Gasteiger charge is -2.41. The van der Waals surface area contributed by atoms with Crippen LogP contribution in [0.15, 0.2) is 48.6 Å². The van der Waals surface area contributed by atoms with E-state index in [2.05, 4.69) is 0 Å². The molecule has 1 saturated carbocycles. The fourth-order valence-corrected chi connectivity index (χ4v) is 3.89. The number of hydrogen-bond acceptors (Lipinski definition) is 11. The normalized spacial score (nSPS) is 23.8. The molecule has 2 atom stereocenters. The average molecular weight is 514 g/mol. The standard InChI is InChI=1S/C25H27N3O9/c26-15-11-25(37,12-16(27)23(15)35)24(36)28(21(33)7-3-13-1-5-17(29)19(31)9-13)22(34)8-4-14-2-6-18(30)20(32)10-14/h1-10,15-16,23,29-32,35,37H,11-12,26-27H2. The Bertz CT molecular complexity index is 1190. The summed E-state index contributed by atoms with van der Waals surface area (Å²) in [4.78, 5) is 39.6. The van der Waals surface area contributed by atoms with Crippen LogP contribution in [0.2, 0.25) is 0 Å². The van der Waals surface area contributed by atoms with Gasteiger partial charge in [-0.25, -0.2) is 4.90 Å². The zero-order valence-electron chi connectivity index (χ0n) is 19.4. The molecule has 12 nitrogen and oxygen atoms in total. The van der Waals surface area contributed by atoms with Crippen LogP contribution < -0.4 is 11.5 Å². The first kappa shape index (κ1) is 27.4. The Hall–Kier alpha value is -4.23. The van der Waals surface area contributed by atoms with Gasteiger partial charge in [-0.1, -0.05) is 12.1 Å². The molecule has 0 heterocycles. The van der Waals surface area contributed by atoms with Gasteiger partial charge in [-0.2, -0.15) is 0 Å². The molecule has 1 aliphatic rings. The van der Waals surface area contributed by atoms with Crippen LogP contribution in [0, 0.1) is 0 Å². The maximum atomic E-state index is 13.3. The van der Waals surface area contributed by atoms with Crippen molar-refractivity contribution in [3.63, 3.8) is 0 Å². The summed E-state index contributed by atoms with van der Waals surface area (Å²) in [6.07, 6.45) is 1.89. The summed E-state index contributed by atoms with van der Waals surface area (Å²) >= 11 is 0. The first-order chi connectivity index (χ1) is 17.3. The molecule has 0 bridgehead atoms. The van der Waals surface area contributed by atoms with Crippen molar-refractivity contribution in [1.82, 2.24) is 4.90 Å². The fourth-order valence-electron chi connectivity index (χ4n) is 3.89. The van der Waals surface area contributed by atoms with E-state index >= 15 is 0 Å². The van der Waals surface area contributed by atoms with E-state index in [1.54, 1.807) is 0 Å². The SMILES string of the molecule is NC1CC(O)(C(=O)N(C(=O)C=Cc2ccc(O)c(O)c2)C(=O)C=Cc2ccc(O)c(O)c2)CC(N)C1O. The summed E-state index contributed by atoms with van der Waals surface area (Å²) < 4.78 is 0. The fraction of sp³-hybridized carbons (Fsp3) is 0.240. The third kappa shape index (κ3) is 6.13. The van der Waals surface area contributed by atoms with E-state index in [0.717, 1.165) is 24.3 Å². The van der Waals surface area contributed by atoms with Crippen LogP contribution in [0.1, 0.15) is 24.0 Å². The van der Waals surface area contributed by atoms with Gasteiger partial charge in [-0.05, 0) is 47.5 Å². The number of benzene rings is 2. The number of nitrogens with two attached hydrogens (primary N) is 2. The number of aliphatic hydroxyl groups is 2. The molecule has 2 aromatic rings. The molecule has 2 aromatic carbocycles. The largest absolute Gasteiger partial charge is 0.504 e. The second-order valence-electron chi connectivity index (χ2n) is 8.74. The molecule has 12 heteroatoms. The van der Waals surface area contributed by atoms with Gasteiger partial charge < -0.3 is 42.1 Å². The highest BCUT2D eigenvalue weighted by atomic mass is 16.3. The maximum Gasteiger partial charge on any atom is 0.268 e. The lowest BCUT2D eigenvalue weighted by molar-refractivity contribution is -0.166. The van der Waals surface area contributed by atoms with Gasteiger partial charge in [-0.3, -0.25) is 14.4 Å². The number of amides is 3. The third-order valence-electron chi connectivity index (χ3n) is 5.90. The molecule has 2 unspecified atom stereocenters. The van der Waals surface area contributed by atoms with Crippen LogP contribution in [0.3, 0.4) is 0 Å². The van der Waals surface area contributed by atoms with Crippen molar-refractivity contribution in [3.05, 3.63) is 59.7 Å². The van der Waals surface area contributed by atoms with Crippen LogP contribution in [0.25, 0.3) is 12.2 Å². The van der Waals surface area contributed by atoms with Gasteiger partial charge >= 0.3 is 0 Å². The predicted molar refractivity (Wildman–Crippen MR) is 131 cm³/mol. The van der Waals surface area contributed by atoms with Crippen molar-refractivity contribution in [2.24, 2.45) is 11.5 Å². The lowest BCUT2D eigenvalue weighted by Crippen LogP contribution is -2.64. The predicted octanol–water partition coefficient (Wildman–Crippen LogP) is -0.342. The summed E-state index contributed by atoms with van der Waals surface area (Å²) in [6.45, 7) is 0. The Labute approximate surface area is 211 Å². The summed E-state index contributed by atoms with van der Waals surface area (Å²) in [5.74, 6) is -5.32. The highest BCUT2D eigenvalue weighted by Crippen LogP contribution is 2.30. The highest BCUT2D eigenvalue weighted by Gasteiger charge is 2.50. The summed E-state index contributed by atoms with van der Waals surface area (Å²) in [5, 5.41) is 59.2. The number of hydrogen-bond donors (Lipinski definition) is 8. The Balaban J connectivity index is 1.94. The third-order valence-corrected chi connectivity index (χ3v) is 5.90. The van der Waals surface area contributed by atoms with Crippen LogP contribution >= 0.6 is 0 Å². The van der Waals surface area contributed by atoms with Crippen molar-refractivity contribution in [2.45, 2.75) is 36.6 Å². The number of rotatable bonds is 5. The molecular formula is C25H27N3O9. The van der Waals surface area contributed by atoms with Crippen molar-refractivity contribution >= 4 is 29.9 Å². The molecule has 3 amide bonds. The first-order valence-corrected chi connectivity index (χ1v) is 11.1. The number of phenols is 4. The second kappa shape index (κ2) is 10.8. The van der Waals surface area contributed by atoms with Gasteiger partial charge in [-0.15, -0.1) is 0 Å². The van der Waals surface area contributed by atoms with E-state index in [-0.39, 0.29) is 16.0 Å². The molecule has 196 valence electrons. The monoisotopic (exact) mass is 513 g/mol. The Morgan fingerprint density at radius 1 is 0.784 bits per heavy atom. The Kier molecular flexibility index (Phi) is 7.99. The minimum Gasteiger partial charge on any atom is -0.504 e. The van der Waals surface area contributed by atoms with Crippen molar-refractivity contribution < 1.29 is 45.0 Å². The summed E-state index contributed by atoms with van der Waals surface area (Å²) in [6, 6.07) is 5.13. The molecule has 0 aromatic heterocycles. The number of aliphatic hydroxyl groups excluding tert-OH is 1. The van der Waals surface area contributed by atoms with E-state index in [1.165, 1.54) is 36.4 Å². The number of imide groups is 3. The van der Waals surface area contributed by atoms with Crippen LogP contribution in [0.4, 0.5) is 0 Å². The van der Waals surface area contributed by atoms with E-state index in [4.69, 9.17) is 11.5 Å². The molecule has 1 fully saturated rings. The van der Waals surface area contributed by atoms with Gasteiger partial charge in [0.15, 0.2) is 23.0 Å². The second-order valence-corrected chi connectivity index (χ2v) is 8.74. The van der Waals surface area contributed by atoms with Gasteiger partial charge in [0.1, 0.15) is 5.60 Å². The molecule has 0 saturated heterocycles. The van der Waals surface area contributed by atoms with Crippen molar-refractivity contribution in [2.75, 3.05) is 0 Å². The smallest absolute Gasteiger partial charge is 0.268 e. The van der Waals surface area contributed by atoms with Crippen LogP contribution in [-0.2, 0) is 14.4 Å². The zero-order valence-corrected chi connectivity index (χ0v) is 19.4. The highest BCUT2D eigenvalue weighted by molar-refractivity contribution is 6.20. The number of aromatic hydroxyl groups is 4. The molecule has 0 spiro atoms. The zero-order chi connectivity index (χ0) is 27.5. The number of nitrogens with zero attached hydrogens (tertiary/aromatic N) is 1. The summed E-state index contributed by atoms with van der Waals surface area (Å²) in [7, 11) is 0. The first-order valence-electron chi connectivity index (χ1n) is 11.1.